The molecule has 0 spiro atoms. The highest BCUT2D eigenvalue weighted by Gasteiger charge is 2.26. The summed E-state index contributed by atoms with van der Waals surface area (Å²) in [7, 11) is 0. The van der Waals surface area contributed by atoms with Crippen LogP contribution in [0.4, 0.5) is 5.69 Å². The Bertz CT molecular complexity index is 1530. The molecule has 4 aromatic rings. The number of aryl methyl sites for hydroxylation is 1. The topological polar surface area (TPSA) is 106 Å². The summed E-state index contributed by atoms with van der Waals surface area (Å²) in [5, 5.41) is 12.3. The van der Waals surface area contributed by atoms with Gasteiger partial charge in [0.05, 0.1) is 21.7 Å². The molecular weight excluding hydrogens is 482 g/mol. The highest BCUT2D eigenvalue weighted by molar-refractivity contribution is 6.34. The van der Waals surface area contributed by atoms with Gasteiger partial charge >= 0.3 is 5.97 Å². The number of carboxylic acids is 1. The Labute approximate surface area is 211 Å². The molecule has 7 nitrogen and oxygen atoms in total. The molecular formula is C28H22ClNO6. The molecule has 1 aliphatic rings. The van der Waals surface area contributed by atoms with Gasteiger partial charge in [0.15, 0.2) is 11.0 Å². The number of anilines is 1. The Hall–Kier alpha value is -4.10. The minimum absolute atomic E-state index is 0.0138. The van der Waals surface area contributed by atoms with E-state index >= 15 is 0 Å². The fraction of sp³-hybridized carbons (Fsp3) is 0.179. The number of halogens is 1. The SMILES string of the molecule is O=C(O)c1cc(=O)c2cccc(NC(=O)c3cc4c(cc3Cl)OC(CCCc3ccccc3)C4)c2o1. The lowest BCUT2D eigenvalue weighted by molar-refractivity contribution is 0.0663. The van der Waals surface area contributed by atoms with Gasteiger partial charge in [-0.25, -0.2) is 4.79 Å². The molecule has 0 aliphatic carbocycles. The van der Waals surface area contributed by atoms with Crippen LogP contribution >= 0.6 is 11.6 Å². The summed E-state index contributed by atoms with van der Waals surface area (Å²) < 4.78 is 11.5. The molecule has 0 saturated carbocycles. The number of rotatable bonds is 7. The van der Waals surface area contributed by atoms with Crippen molar-refractivity contribution in [1.29, 1.82) is 0 Å². The average molecular weight is 504 g/mol. The summed E-state index contributed by atoms with van der Waals surface area (Å²) in [5.41, 5.74) is 2.06. The van der Waals surface area contributed by atoms with Crippen LogP contribution < -0.4 is 15.5 Å². The van der Waals surface area contributed by atoms with E-state index in [0.717, 1.165) is 30.9 Å². The zero-order chi connectivity index (χ0) is 25.2. The zero-order valence-corrected chi connectivity index (χ0v) is 19.9. The molecule has 8 heteroatoms. The van der Waals surface area contributed by atoms with Crippen molar-refractivity contribution in [2.75, 3.05) is 5.32 Å². The van der Waals surface area contributed by atoms with Gasteiger partial charge in [0.2, 0.25) is 5.76 Å². The number of carbonyl (C=O) groups excluding carboxylic acids is 1. The Morgan fingerprint density at radius 3 is 2.64 bits per heavy atom. The van der Waals surface area contributed by atoms with Crippen LogP contribution in [0.25, 0.3) is 11.0 Å². The highest BCUT2D eigenvalue weighted by Crippen LogP contribution is 2.36. The molecule has 182 valence electrons. The quantitative estimate of drug-likeness (QED) is 0.334. The van der Waals surface area contributed by atoms with Crippen LogP contribution in [0.2, 0.25) is 5.02 Å². The van der Waals surface area contributed by atoms with Crippen molar-refractivity contribution in [2.24, 2.45) is 0 Å². The number of carbonyl (C=O) groups is 2. The van der Waals surface area contributed by atoms with Crippen molar-refractivity contribution in [2.45, 2.75) is 31.8 Å². The maximum Gasteiger partial charge on any atom is 0.371 e. The van der Waals surface area contributed by atoms with Gasteiger partial charge in [-0.2, -0.15) is 0 Å². The van der Waals surface area contributed by atoms with Crippen LogP contribution in [0.1, 0.15) is 44.9 Å². The first-order chi connectivity index (χ1) is 17.4. The summed E-state index contributed by atoms with van der Waals surface area (Å²) in [6.45, 7) is 0. The number of fused-ring (bicyclic) bond motifs is 2. The van der Waals surface area contributed by atoms with Crippen LogP contribution in [-0.2, 0) is 12.8 Å². The fourth-order valence-electron chi connectivity index (χ4n) is 4.42. The molecule has 1 aliphatic heterocycles. The lowest BCUT2D eigenvalue weighted by Gasteiger charge is -2.11. The first kappa shape index (κ1) is 23.6. The Morgan fingerprint density at radius 2 is 1.86 bits per heavy atom. The van der Waals surface area contributed by atoms with Gasteiger partial charge in [0.25, 0.3) is 5.91 Å². The maximum atomic E-state index is 13.1. The Morgan fingerprint density at radius 1 is 1.06 bits per heavy atom. The second-order valence-electron chi connectivity index (χ2n) is 8.68. The van der Waals surface area contributed by atoms with Gasteiger partial charge in [-0.1, -0.05) is 48.0 Å². The third-order valence-electron chi connectivity index (χ3n) is 6.18. The van der Waals surface area contributed by atoms with Crippen molar-refractivity contribution in [3.8, 4) is 5.75 Å². The first-order valence-electron chi connectivity index (χ1n) is 11.5. The number of nitrogens with one attached hydrogen (secondary N) is 1. The third kappa shape index (κ3) is 4.83. The number of hydrogen-bond donors (Lipinski definition) is 2. The van der Waals surface area contributed by atoms with Crippen LogP contribution in [0.3, 0.4) is 0 Å². The molecule has 5 rings (SSSR count). The van der Waals surface area contributed by atoms with Crippen molar-refractivity contribution in [1.82, 2.24) is 0 Å². The molecule has 0 saturated heterocycles. The second-order valence-corrected chi connectivity index (χ2v) is 9.09. The van der Waals surface area contributed by atoms with Gasteiger partial charge in [-0.05, 0) is 54.7 Å². The average Bonchev–Trinajstić information content (AvgIpc) is 3.25. The van der Waals surface area contributed by atoms with Gasteiger partial charge in [0.1, 0.15) is 11.9 Å². The lowest BCUT2D eigenvalue weighted by atomic mass is 10.0. The number of amides is 1. The minimum Gasteiger partial charge on any atom is -0.490 e. The van der Waals surface area contributed by atoms with Crippen molar-refractivity contribution in [3.05, 3.63) is 104 Å². The van der Waals surface area contributed by atoms with Crippen LogP contribution in [0.15, 0.2) is 75.9 Å². The molecule has 2 heterocycles. The summed E-state index contributed by atoms with van der Waals surface area (Å²) in [4.78, 5) is 36.7. The van der Waals surface area contributed by atoms with Crippen LogP contribution in [0, 0.1) is 0 Å². The molecule has 1 atom stereocenters. The monoisotopic (exact) mass is 503 g/mol. The predicted molar refractivity (Wildman–Crippen MR) is 136 cm³/mol. The first-order valence-corrected chi connectivity index (χ1v) is 11.9. The molecule has 2 N–H and O–H groups in total. The number of ether oxygens (including phenoxy) is 1. The van der Waals surface area contributed by atoms with E-state index in [1.165, 1.54) is 17.7 Å². The second kappa shape index (κ2) is 9.87. The van der Waals surface area contributed by atoms with Crippen LogP contribution in [-0.4, -0.2) is 23.1 Å². The van der Waals surface area contributed by atoms with E-state index in [4.69, 9.17) is 20.8 Å². The smallest absolute Gasteiger partial charge is 0.371 e. The number of benzene rings is 3. The van der Waals surface area contributed by atoms with E-state index in [1.807, 2.05) is 18.2 Å². The number of para-hydroxylation sites is 1. The summed E-state index contributed by atoms with van der Waals surface area (Å²) in [6.07, 6.45) is 3.51. The predicted octanol–water partition coefficient (Wildman–Crippen LogP) is 5.72. The highest BCUT2D eigenvalue weighted by atomic mass is 35.5. The van der Waals surface area contributed by atoms with Crippen molar-refractivity contribution >= 4 is 40.1 Å². The standard InChI is InChI=1S/C28H22ClNO6/c29-21-14-24-17(12-18(35-24)9-4-8-16-6-2-1-3-7-16)13-20(21)27(32)30-22-11-5-10-19-23(31)15-25(28(33)34)36-26(19)22/h1-3,5-7,10-11,13-15,18H,4,8-9,12H2,(H,30,32)(H,33,34). The molecule has 1 amide bonds. The van der Waals surface area contributed by atoms with E-state index < -0.39 is 23.1 Å². The summed E-state index contributed by atoms with van der Waals surface area (Å²) in [5.74, 6) is -1.73. The van der Waals surface area contributed by atoms with Crippen molar-refractivity contribution in [3.63, 3.8) is 0 Å². The van der Waals surface area contributed by atoms with Gasteiger partial charge in [0, 0.05) is 12.5 Å². The van der Waals surface area contributed by atoms with Crippen LogP contribution in [0.5, 0.6) is 5.75 Å². The molecule has 36 heavy (non-hydrogen) atoms. The normalized spacial score (nSPS) is 14.3. The number of carboxylic acid groups (broad SMARTS) is 1. The van der Waals surface area contributed by atoms with Gasteiger partial charge in [-0.15, -0.1) is 0 Å². The third-order valence-corrected chi connectivity index (χ3v) is 6.50. The summed E-state index contributed by atoms with van der Waals surface area (Å²) in [6, 6.07) is 19.2. The fourth-order valence-corrected chi connectivity index (χ4v) is 4.66. The zero-order valence-electron chi connectivity index (χ0n) is 19.1. The number of aromatic carboxylic acids is 1. The van der Waals surface area contributed by atoms with E-state index in [-0.39, 0.29) is 33.3 Å². The van der Waals surface area contributed by atoms with E-state index in [9.17, 15) is 19.5 Å². The largest absolute Gasteiger partial charge is 0.490 e. The maximum absolute atomic E-state index is 13.1. The molecule has 1 unspecified atom stereocenters. The van der Waals surface area contributed by atoms with Gasteiger partial charge in [-0.3, -0.25) is 9.59 Å². The lowest BCUT2D eigenvalue weighted by Crippen LogP contribution is -2.14. The van der Waals surface area contributed by atoms with E-state index in [1.54, 1.807) is 18.2 Å². The van der Waals surface area contributed by atoms with E-state index in [2.05, 4.69) is 17.4 Å². The molecule has 1 aromatic heterocycles. The Balaban J connectivity index is 1.32. The molecule has 0 bridgehead atoms. The molecule has 0 radical (unpaired) electrons. The molecule has 0 fully saturated rings. The molecule has 3 aromatic carbocycles. The summed E-state index contributed by atoms with van der Waals surface area (Å²) >= 11 is 6.42. The van der Waals surface area contributed by atoms with Crippen molar-refractivity contribution < 1.29 is 23.8 Å². The Kier molecular flexibility index (Phi) is 6.48. The number of hydrogen-bond acceptors (Lipinski definition) is 5. The minimum atomic E-state index is -1.38. The van der Waals surface area contributed by atoms with Gasteiger partial charge < -0.3 is 19.6 Å². The van der Waals surface area contributed by atoms with E-state index in [0.29, 0.717) is 12.2 Å².